The van der Waals surface area contributed by atoms with Gasteiger partial charge < -0.3 is 19.7 Å². The summed E-state index contributed by atoms with van der Waals surface area (Å²) in [7, 11) is 0. The first kappa shape index (κ1) is 21.6. The van der Waals surface area contributed by atoms with E-state index < -0.39 is 11.9 Å². The number of carbonyl (C=O) groups is 2. The quantitative estimate of drug-likeness (QED) is 0.537. The summed E-state index contributed by atoms with van der Waals surface area (Å²) >= 11 is 12.0. The van der Waals surface area contributed by atoms with Crippen molar-refractivity contribution in [1.82, 2.24) is 0 Å². The molecule has 0 atom stereocenters. The van der Waals surface area contributed by atoms with E-state index in [-0.39, 0.29) is 37.2 Å². The van der Waals surface area contributed by atoms with Gasteiger partial charge in [0.25, 0.3) is 0 Å². The normalized spacial score (nSPS) is 11.5. The van der Waals surface area contributed by atoms with Gasteiger partial charge in [0.1, 0.15) is 11.5 Å². The van der Waals surface area contributed by atoms with Crippen LogP contribution in [0.1, 0.15) is 12.8 Å². The van der Waals surface area contributed by atoms with Crippen molar-refractivity contribution in [3.8, 4) is 11.5 Å². The zero-order chi connectivity index (χ0) is 20.5. The summed E-state index contributed by atoms with van der Waals surface area (Å²) in [5.74, 6) is -1.85. The number of rotatable bonds is 10. The van der Waals surface area contributed by atoms with Crippen LogP contribution < -0.4 is 9.47 Å². The minimum absolute atomic E-state index is 0.0342. The van der Waals surface area contributed by atoms with E-state index in [1.165, 1.54) is 0 Å². The number of halogens is 2. The van der Waals surface area contributed by atoms with Gasteiger partial charge in [0.2, 0.25) is 0 Å². The minimum atomic E-state index is -1.32. The third-order valence-electron chi connectivity index (χ3n) is 3.77. The second kappa shape index (κ2) is 10.6. The van der Waals surface area contributed by atoms with Crippen molar-refractivity contribution >= 4 is 35.1 Å². The Balaban J connectivity index is 2.05. The zero-order valence-corrected chi connectivity index (χ0v) is 16.2. The van der Waals surface area contributed by atoms with Crippen LogP contribution in [0, 0.1) is 0 Å². The number of aliphatic carboxylic acids is 2. The van der Waals surface area contributed by atoms with Crippen LogP contribution in [0.5, 0.6) is 11.5 Å². The average Bonchev–Trinajstić information content (AvgIpc) is 2.65. The van der Waals surface area contributed by atoms with E-state index in [1.807, 2.05) is 0 Å². The highest BCUT2D eigenvalue weighted by atomic mass is 35.5. The Hall–Kier alpha value is -2.70. The third-order valence-corrected chi connectivity index (χ3v) is 4.40. The van der Waals surface area contributed by atoms with Crippen LogP contribution in [-0.4, -0.2) is 35.4 Å². The fraction of sp³-hybridized carbons (Fsp3) is 0.200. The summed E-state index contributed by atoms with van der Waals surface area (Å²) in [5, 5.41) is 19.6. The molecule has 0 amide bonds. The molecule has 0 aliphatic carbocycles. The minimum Gasteiger partial charge on any atom is -0.492 e. The third kappa shape index (κ3) is 6.18. The highest BCUT2D eigenvalue weighted by Crippen LogP contribution is 2.25. The molecule has 0 radical (unpaired) electrons. The molecule has 0 aromatic heterocycles. The molecule has 0 fully saturated rings. The summed E-state index contributed by atoms with van der Waals surface area (Å²) in [4.78, 5) is 23.2. The van der Waals surface area contributed by atoms with Crippen LogP contribution in [0.15, 0.2) is 59.7 Å². The first-order valence-corrected chi connectivity index (χ1v) is 9.09. The van der Waals surface area contributed by atoms with Crippen molar-refractivity contribution in [2.24, 2.45) is 0 Å². The average molecular weight is 425 g/mol. The first-order valence-electron chi connectivity index (χ1n) is 8.33. The van der Waals surface area contributed by atoms with Gasteiger partial charge in [-0.05, 0) is 24.3 Å². The van der Waals surface area contributed by atoms with Gasteiger partial charge in [-0.15, -0.1) is 0 Å². The Morgan fingerprint density at radius 2 is 1.07 bits per heavy atom. The van der Waals surface area contributed by atoms with Crippen molar-refractivity contribution in [2.75, 3.05) is 13.2 Å². The molecule has 2 aromatic rings. The molecule has 0 saturated heterocycles. The van der Waals surface area contributed by atoms with Crippen molar-refractivity contribution < 1.29 is 29.3 Å². The highest BCUT2D eigenvalue weighted by Gasteiger charge is 2.20. The van der Waals surface area contributed by atoms with Gasteiger partial charge in [0.15, 0.2) is 0 Å². The van der Waals surface area contributed by atoms with Crippen LogP contribution in [0.25, 0.3) is 0 Å². The lowest BCUT2D eigenvalue weighted by atomic mass is 10.0. The van der Waals surface area contributed by atoms with Gasteiger partial charge in [-0.1, -0.05) is 47.5 Å². The largest absolute Gasteiger partial charge is 0.492 e. The zero-order valence-electron chi connectivity index (χ0n) is 14.7. The predicted octanol–water partition coefficient (Wildman–Crippen LogP) is 4.70. The molecule has 0 unspecified atom stereocenters. The molecule has 2 aromatic carbocycles. The highest BCUT2D eigenvalue weighted by molar-refractivity contribution is 6.32. The molecule has 6 nitrogen and oxygen atoms in total. The van der Waals surface area contributed by atoms with E-state index in [1.54, 1.807) is 48.5 Å². The van der Waals surface area contributed by atoms with E-state index in [0.29, 0.717) is 21.5 Å². The molecule has 0 aliphatic rings. The van der Waals surface area contributed by atoms with Gasteiger partial charge >= 0.3 is 11.9 Å². The maximum atomic E-state index is 11.6. The summed E-state index contributed by atoms with van der Waals surface area (Å²) in [6.07, 6.45) is -0.206. The fourth-order valence-electron chi connectivity index (χ4n) is 2.42. The van der Waals surface area contributed by atoms with Crippen LogP contribution >= 0.6 is 23.2 Å². The van der Waals surface area contributed by atoms with E-state index >= 15 is 0 Å². The lowest BCUT2D eigenvalue weighted by molar-refractivity contribution is -0.136. The van der Waals surface area contributed by atoms with Gasteiger partial charge in [-0.2, -0.15) is 0 Å². The van der Waals surface area contributed by atoms with Gasteiger partial charge in [0, 0.05) is 12.8 Å². The van der Waals surface area contributed by atoms with E-state index in [4.69, 9.17) is 32.7 Å². The number of hydrogen-bond donors (Lipinski definition) is 2. The SMILES string of the molecule is O=C(O)/C(CCOc1ccccc1Cl)=C(\CCOc1ccccc1Cl)C(=O)O. The summed E-state index contributed by atoms with van der Waals surface area (Å²) in [5.41, 5.74) is -0.496. The topological polar surface area (TPSA) is 93.1 Å². The number of carboxylic acid groups (broad SMARTS) is 2. The molecule has 0 saturated carbocycles. The lowest BCUT2D eigenvalue weighted by Crippen LogP contribution is -2.16. The Labute approximate surface area is 171 Å². The predicted molar refractivity (Wildman–Crippen MR) is 105 cm³/mol. The van der Waals surface area contributed by atoms with Gasteiger partial charge in [-0.25, -0.2) is 9.59 Å². The Bertz CT molecular complexity index is 807. The van der Waals surface area contributed by atoms with Gasteiger partial charge in [-0.3, -0.25) is 0 Å². The summed E-state index contributed by atoms with van der Waals surface area (Å²) < 4.78 is 10.9. The maximum Gasteiger partial charge on any atom is 0.332 e. The smallest absolute Gasteiger partial charge is 0.332 e. The second-order valence-electron chi connectivity index (χ2n) is 5.63. The van der Waals surface area contributed by atoms with Crippen molar-refractivity contribution in [3.05, 3.63) is 69.7 Å². The van der Waals surface area contributed by atoms with Crippen LogP contribution in [-0.2, 0) is 9.59 Å². The number of para-hydroxylation sites is 2. The molecular formula is C20H18Cl2O6. The van der Waals surface area contributed by atoms with Crippen molar-refractivity contribution in [2.45, 2.75) is 12.8 Å². The standard InChI is InChI=1S/C20H18Cl2O6/c21-15-5-1-3-7-17(15)27-11-9-13(19(23)24)14(20(25)26)10-12-28-18-8-4-2-6-16(18)22/h1-8H,9-12H2,(H,23,24)(H,25,26)/b14-13+. The molecule has 28 heavy (non-hydrogen) atoms. The second-order valence-corrected chi connectivity index (χ2v) is 6.44. The molecule has 0 heterocycles. The lowest BCUT2D eigenvalue weighted by Gasteiger charge is -2.12. The number of carboxylic acids is 2. The van der Waals surface area contributed by atoms with Gasteiger partial charge in [0.05, 0.1) is 34.4 Å². The van der Waals surface area contributed by atoms with Crippen LogP contribution in [0.3, 0.4) is 0 Å². The molecule has 2 rings (SSSR count). The molecule has 0 bridgehead atoms. The molecule has 2 N–H and O–H groups in total. The van der Waals surface area contributed by atoms with E-state index in [0.717, 1.165) is 0 Å². The molecule has 0 spiro atoms. The summed E-state index contributed by atoms with van der Waals surface area (Å²) in [6.45, 7) is -0.0684. The van der Waals surface area contributed by atoms with Crippen LogP contribution in [0.2, 0.25) is 10.0 Å². The molecule has 148 valence electrons. The number of ether oxygens (including phenoxy) is 2. The molecular weight excluding hydrogens is 407 g/mol. The first-order chi connectivity index (χ1) is 13.4. The molecule has 8 heteroatoms. The Morgan fingerprint density at radius 3 is 1.39 bits per heavy atom. The summed E-state index contributed by atoms with van der Waals surface area (Å²) in [6, 6.07) is 13.5. The molecule has 0 aliphatic heterocycles. The van der Waals surface area contributed by atoms with Crippen molar-refractivity contribution in [1.29, 1.82) is 0 Å². The fourth-order valence-corrected chi connectivity index (χ4v) is 2.80. The van der Waals surface area contributed by atoms with E-state index in [9.17, 15) is 19.8 Å². The monoisotopic (exact) mass is 424 g/mol. The van der Waals surface area contributed by atoms with Crippen molar-refractivity contribution in [3.63, 3.8) is 0 Å². The number of benzene rings is 2. The Kier molecular flexibility index (Phi) is 8.17. The van der Waals surface area contributed by atoms with Crippen LogP contribution in [0.4, 0.5) is 0 Å². The Morgan fingerprint density at radius 1 is 0.714 bits per heavy atom. The number of hydrogen-bond acceptors (Lipinski definition) is 4. The van der Waals surface area contributed by atoms with E-state index in [2.05, 4.69) is 0 Å². The maximum absolute atomic E-state index is 11.6.